The third-order valence-corrected chi connectivity index (χ3v) is 7.97. The summed E-state index contributed by atoms with van der Waals surface area (Å²) in [6.07, 6.45) is 0. The van der Waals surface area contributed by atoms with Crippen LogP contribution in [0.1, 0.15) is 0 Å². The molecule has 0 unspecified atom stereocenters. The molecule has 0 aromatic heterocycles. The number of phenolic OH excluding ortho intramolecular Hbond substituents is 1. The highest BCUT2D eigenvalue weighted by atomic mass is 32.2. The molecule has 7 N–H and O–H groups in total. The van der Waals surface area contributed by atoms with Crippen molar-refractivity contribution in [2.24, 2.45) is 10.2 Å². The number of hydrogen-bond donors (Lipinski definition) is 6. The number of azo groups is 1. The minimum Gasteiger partial charge on any atom is -0.505 e. The number of hydrogen-bond acceptors (Lipinski definition) is 11. The summed E-state index contributed by atoms with van der Waals surface area (Å²) in [6, 6.07) is 14.2. The van der Waals surface area contributed by atoms with E-state index >= 15 is 0 Å². The van der Waals surface area contributed by atoms with Gasteiger partial charge < -0.3 is 16.2 Å². The zero-order valence-electron chi connectivity index (χ0n) is 19.3. The molecule has 0 fully saturated rings. The van der Waals surface area contributed by atoms with Crippen molar-refractivity contribution in [3.05, 3.63) is 66.7 Å². The number of para-hydroxylation sites is 1. The Hall–Kier alpha value is -4.13. The highest BCUT2D eigenvalue weighted by molar-refractivity contribution is 7.86. The lowest BCUT2D eigenvalue weighted by Gasteiger charge is -2.16. The van der Waals surface area contributed by atoms with Gasteiger partial charge in [0, 0.05) is 16.8 Å². The smallest absolute Gasteiger partial charge is 0.296 e. The predicted molar refractivity (Wildman–Crippen MR) is 140 cm³/mol. The van der Waals surface area contributed by atoms with Crippen LogP contribution in [0.5, 0.6) is 5.75 Å². The molecule has 4 aromatic carbocycles. The number of fused-ring (bicyclic) bond motifs is 1. The molecule has 4 rings (SSSR count). The van der Waals surface area contributed by atoms with Crippen molar-refractivity contribution in [1.82, 2.24) is 0 Å². The molecular formula is C22H18N4O10S3. The lowest BCUT2D eigenvalue weighted by atomic mass is 10.1. The maximum atomic E-state index is 12.2. The van der Waals surface area contributed by atoms with Gasteiger partial charge in [-0.1, -0.05) is 18.2 Å². The zero-order chi connectivity index (χ0) is 28.8. The first-order valence-corrected chi connectivity index (χ1v) is 14.8. The number of nitrogen functional groups attached to an aromatic ring is 1. The highest BCUT2D eigenvalue weighted by Gasteiger charge is 2.27. The molecule has 17 heteroatoms. The van der Waals surface area contributed by atoms with Gasteiger partial charge in [0.2, 0.25) is 0 Å². The summed E-state index contributed by atoms with van der Waals surface area (Å²) in [4.78, 5) is -2.71. The van der Waals surface area contributed by atoms with Crippen molar-refractivity contribution in [2.45, 2.75) is 14.7 Å². The SMILES string of the molecule is Nc1ccc(N=Nc2c(S(=O)(=O)O)cc3c(S(=O)(=O)O)ccc(Nc4ccccc4)c3c2O)c(S(=O)(=O)O)c1. The van der Waals surface area contributed by atoms with Crippen molar-refractivity contribution >= 4 is 69.6 Å². The van der Waals surface area contributed by atoms with Crippen molar-refractivity contribution in [2.75, 3.05) is 11.1 Å². The Bertz CT molecular complexity index is 1980. The van der Waals surface area contributed by atoms with Gasteiger partial charge in [-0.15, -0.1) is 10.2 Å². The van der Waals surface area contributed by atoms with Gasteiger partial charge in [-0.2, -0.15) is 25.3 Å². The Morgan fingerprint density at radius 2 is 1.31 bits per heavy atom. The molecule has 0 aliphatic carbocycles. The first-order chi connectivity index (χ1) is 18.1. The van der Waals surface area contributed by atoms with E-state index in [0.717, 1.165) is 18.2 Å². The van der Waals surface area contributed by atoms with E-state index in [1.807, 2.05) is 0 Å². The molecule has 204 valence electrons. The van der Waals surface area contributed by atoms with Crippen LogP contribution in [-0.4, -0.2) is 44.0 Å². The molecule has 0 saturated carbocycles. The molecule has 0 bridgehead atoms. The second-order valence-electron chi connectivity index (χ2n) is 7.95. The van der Waals surface area contributed by atoms with E-state index < -0.39 is 67.6 Å². The van der Waals surface area contributed by atoms with Crippen LogP contribution >= 0.6 is 0 Å². The maximum Gasteiger partial charge on any atom is 0.296 e. The first-order valence-electron chi connectivity index (χ1n) is 10.5. The molecule has 14 nitrogen and oxygen atoms in total. The van der Waals surface area contributed by atoms with Crippen LogP contribution in [0.15, 0.2) is 91.6 Å². The third kappa shape index (κ3) is 5.82. The van der Waals surface area contributed by atoms with E-state index in [4.69, 9.17) is 5.73 Å². The van der Waals surface area contributed by atoms with Gasteiger partial charge in [0.25, 0.3) is 30.4 Å². The summed E-state index contributed by atoms with van der Waals surface area (Å²) in [5.41, 5.74) is 4.57. The fraction of sp³-hybridized carbons (Fsp3) is 0. The van der Waals surface area contributed by atoms with Gasteiger partial charge in [-0.3, -0.25) is 13.7 Å². The van der Waals surface area contributed by atoms with Crippen LogP contribution in [0.25, 0.3) is 10.8 Å². The van der Waals surface area contributed by atoms with Gasteiger partial charge in [0.05, 0.1) is 11.1 Å². The summed E-state index contributed by atoms with van der Waals surface area (Å²) >= 11 is 0. The van der Waals surface area contributed by atoms with Gasteiger partial charge in [-0.05, 0) is 48.5 Å². The van der Waals surface area contributed by atoms with Gasteiger partial charge in [-0.25, -0.2) is 0 Å². The van der Waals surface area contributed by atoms with E-state index in [1.54, 1.807) is 30.3 Å². The Balaban J connectivity index is 2.08. The van der Waals surface area contributed by atoms with E-state index in [-0.39, 0.29) is 16.8 Å². The molecule has 0 heterocycles. The van der Waals surface area contributed by atoms with E-state index in [9.17, 15) is 44.0 Å². The fourth-order valence-electron chi connectivity index (χ4n) is 3.66. The lowest BCUT2D eigenvalue weighted by Crippen LogP contribution is -2.04. The summed E-state index contributed by atoms with van der Waals surface area (Å²) < 4.78 is 101. The molecule has 0 radical (unpaired) electrons. The third-order valence-electron chi connectivity index (χ3n) is 5.30. The molecular weight excluding hydrogens is 576 g/mol. The van der Waals surface area contributed by atoms with Gasteiger partial charge >= 0.3 is 0 Å². The molecule has 0 amide bonds. The molecule has 0 aliphatic heterocycles. The number of rotatable bonds is 7. The van der Waals surface area contributed by atoms with Crippen molar-refractivity contribution in [3.8, 4) is 5.75 Å². The number of nitrogens with one attached hydrogen (secondary N) is 1. The van der Waals surface area contributed by atoms with E-state index in [0.29, 0.717) is 11.8 Å². The van der Waals surface area contributed by atoms with Crippen LogP contribution in [0.4, 0.5) is 28.4 Å². The second-order valence-corrected chi connectivity index (χ2v) is 12.1. The van der Waals surface area contributed by atoms with Crippen LogP contribution in [0.3, 0.4) is 0 Å². The summed E-state index contributed by atoms with van der Waals surface area (Å²) in [5, 5.41) is 20.5. The number of benzene rings is 4. The fourth-order valence-corrected chi connectivity index (χ4v) is 5.64. The largest absolute Gasteiger partial charge is 0.505 e. The quantitative estimate of drug-likeness (QED) is 0.101. The Kier molecular flexibility index (Phi) is 7.06. The highest BCUT2D eigenvalue weighted by Crippen LogP contribution is 2.46. The van der Waals surface area contributed by atoms with Crippen LogP contribution < -0.4 is 11.1 Å². The molecule has 0 spiro atoms. The average molecular weight is 595 g/mol. The van der Waals surface area contributed by atoms with E-state index in [1.165, 1.54) is 12.1 Å². The molecule has 0 aliphatic rings. The minimum absolute atomic E-state index is 0.0329. The second kappa shape index (κ2) is 9.88. The average Bonchev–Trinajstić information content (AvgIpc) is 2.82. The van der Waals surface area contributed by atoms with Crippen molar-refractivity contribution < 1.29 is 44.0 Å². The first kappa shape index (κ1) is 27.9. The van der Waals surface area contributed by atoms with Gasteiger partial charge in [0.15, 0.2) is 5.75 Å². The molecule has 39 heavy (non-hydrogen) atoms. The van der Waals surface area contributed by atoms with Crippen LogP contribution in [0, 0.1) is 0 Å². The maximum absolute atomic E-state index is 12.2. The zero-order valence-corrected chi connectivity index (χ0v) is 21.7. The molecule has 0 atom stereocenters. The van der Waals surface area contributed by atoms with Crippen LogP contribution in [0.2, 0.25) is 0 Å². The summed E-state index contributed by atoms with van der Waals surface area (Å²) in [5.74, 6) is -1.00. The topological polar surface area (TPSA) is 246 Å². The van der Waals surface area contributed by atoms with Crippen molar-refractivity contribution in [1.29, 1.82) is 0 Å². The van der Waals surface area contributed by atoms with E-state index in [2.05, 4.69) is 15.5 Å². The Morgan fingerprint density at radius 3 is 1.90 bits per heavy atom. The normalized spacial score (nSPS) is 12.7. The molecule has 4 aromatic rings. The van der Waals surface area contributed by atoms with Crippen LogP contribution in [-0.2, 0) is 30.4 Å². The number of nitrogens with two attached hydrogens (primary N) is 1. The molecule has 0 saturated heterocycles. The monoisotopic (exact) mass is 594 g/mol. The van der Waals surface area contributed by atoms with Gasteiger partial charge in [0.1, 0.15) is 26.1 Å². The Labute approximate surface area is 221 Å². The number of anilines is 3. The minimum atomic E-state index is -5.23. The number of nitrogens with zero attached hydrogens (tertiary/aromatic N) is 2. The standard InChI is InChI=1S/C22H18N4O10S3/c23-12-6-7-15(18(10-12)38(31,32)33)25-26-21-19(39(34,35)36)11-14-17(37(28,29)30)9-8-16(20(14)22(21)27)24-13-4-2-1-3-5-13/h1-11,24,27H,23H2,(H,28,29,30)(H,31,32,33)(H,34,35,36). The number of phenols is 1. The lowest BCUT2D eigenvalue weighted by molar-refractivity contribution is 0.471. The summed E-state index contributed by atoms with van der Waals surface area (Å²) in [7, 11) is -15.1. The predicted octanol–water partition coefficient (Wildman–Crippen LogP) is 4.03. The summed E-state index contributed by atoms with van der Waals surface area (Å²) in [6.45, 7) is 0. The number of aromatic hydroxyl groups is 1. The van der Waals surface area contributed by atoms with Crippen molar-refractivity contribution in [3.63, 3.8) is 0 Å². The Morgan fingerprint density at radius 1 is 0.692 bits per heavy atom.